The summed E-state index contributed by atoms with van der Waals surface area (Å²) in [6.07, 6.45) is -1.47. The number of hydrazone groups is 1. The van der Waals surface area contributed by atoms with Crippen molar-refractivity contribution in [2.45, 2.75) is 6.10 Å². The molecule has 2 rings (SSSR count). The predicted molar refractivity (Wildman–Crippen MR) is 89.0 cm³/mol. The van der Waals surface area contributed by atoms with Gasteiger partial charge < -0.3 is 5.11 Å². The lowest BCUT2D eigenvalue weighted by Crippen LogP contribution is -2.31. The maximum atomic E-state index is 12.5. The molecular formula is C18H15N3O2. The van der Waals surface area contributed by atoms with Crippen LogP contribution in [0.25, 0.3) is 0 Å². The molecule has 2 aromatic rings. The maximum absolute atomic E-state index is 12.5. The number of rotatable bonds is 6. The van der Waals surface area contributed by atoms with Crippen molar-refractivity contribution in [2.24, 2.45) is 5.10 Å². The van der Waals surface area contributed by atoms with E-state index in [0.717, 1.165) is 0 Å². The Morgan fingerprint density at radius 2 is 1.70 bits per heavy atom. The van der Waals surface area contributed by atoms with E-state index in [4.69, 9.17) is 5.26 Å². The first-order valence-corrected chi connectivity index (χ1v) is 6.89. The van der Waals surface area contributed by atoms with Crippen LogP contribution < -0.4 is 5.43 Å². The van der Waals surface area contributed by atoms with Gasteiger partial charge in [0.1, 0.15) is 11.8 Å². The van der Waals surface area contributed by atoms with E-state index in [1.54, 1.807) is 60.7 Å². The molecule has 0 radical (unpaired) electrons. The lowest BCUT2D eigenvalue weighted by Gasteiger charge is -2.12. The van der Waals surface area contributed by atoms with E-state index in [1.807, 2.05) is 6.07 Å². The van der Waals surface area contributed by atoms with Crippen LogP contribution in [0.4, 0.5) is 5.69 Å². The van der Waals surface area contributed by atoms with E-state index < -0.39 is 11.9 Å². The predicted octanol–water partition coefficient (Wildman–Crippen LogP) is 2.78. The topological polar surface area (TPSA) is 85.5 Å². The summed E-state index contributed by atoms with van der Waals surface area (Å²) < 4.78 is 0. The molecule has 23 heavy (non-hydrogen) atoms. The van der Waals surface area contributed by atoms with E-state index >= 15 is 0 Å². The Morgan fingerprint density at radius 1 is 1.13 bits per heavy atom. The number of aliphatic hydroxyl groups excluding tert-OH is 1. The molecule has 1 atom stereocenters. The van der Waals surface area contributed by atoms with Gasteiger partial charge in [0.15, 0.2) is 0 Å². The highest BCUT2D eigenvalue weighted by Gasteiger charge is 2.24. The van der Waals surface area contributed by atoms with Crippen LogP contribution in [0.15, 0.2) is 77.9 Å². The van der Waals surface area contributed by atoms with E-state index in [2.05, 4.69) is 17.1 Å². The minimum absolute atomic E-state index is 0.150. The summed E-state index contributed by atoms with van der Waals surface area (Å²) in [5, 5.41) is 23.1. The van der Waals surface area contributed by atoms with E-state index in [-0.39, 0.29) is 11.3 Å². The lowest BCUT2D eigenvalue weighted by molar-refractivity contribution is 0.105. The number of benzene rings is 2. The van der Waals surface area contributed by atoms with Crippen molar-refractivity contribution in [3.63, 3.8) is 0 Å². The van der Waals surface area contributed by atoms with Crippen LogP contribution in [0, 0.1) is 11.3 Å². The lowest BCUT2D eigenvalue weighted by atomic mass is 9.99. The van der Waals surface area contributed by atoms with Crippen molar-refractivity contribution in [1.82, 2.24) is 0 Å². The van der Waals surface area contributed by atoms with Gasteiger partial charge in [0, 0.05) is 5.56 Å². The van der Waals surface area contributed by atoms with E-state index in [9.17, 15) is 9.90 Å². The largest absolute Gasteiger partial charge is 0.381 e. The van der Waals surface area contributed by atoms with Gasteiger partial charge >= 0.3 is 0 Å². The fraction of sp³-hybridized carbons (Fsp3) is 0.0556. The highest BCUT2D eigenvalue weighted by molar-refractivity contribution is 6.48. The molecule has 0 amide bonds. The van der Waals surface area contributed by atoms with Crippen LogP contribution in [0.1, 0.15) is 10.4 Å². The third-order valence-electron chi connectivity index (χ3n) is 3.08. The summed E-state index contributed by atoms with van der Waals surface area (Å²) in [4.78, 5) is 12.5. The number of nitrogens with one attached hydrogen (secondary N) is 1. The number of hydrogen-bond acceptors (Lipinski definition) is 5. The first-order chi connectivity index (χ1) is 11.1. The second-order valence-corrected chi connectivity index (χ2v) is 4.71. The normalized spacial score (nSPS) is 12.1. The molecule has 5 heteroatoms. The zero-order valence-electron chi connectivity index (χ0n) is 12.3. The molecule has 0 fully saturated rings. The first-order valence-electron chi connectivity index (χ1n) is 6.89. The van der Waals surface area contributed by atoms with Crippen LogP contribution in [-0.4, -0.2) is 22.7 Å². The van der Waals surface area contributed by atoms with E-state index in [0.29, 0.717) is 11.3 Å². The fourth-order valence-electron chi connectivity index (χ4n) is 1.84. The molecule has 0 aromatic heterocycles. The Labute approximate surface area is 134 Å². The van der Waals surface area contributed by atoms with Crippen molar-refractivity contribution < 1.29 is 9.90 Å². The first kappa shape index (κ1) is 16.1. The second kappa shape index (κ2) is 7.69. The molecular weight excluding hydrogens is 290 g/mol. The zero-order chi connectivity index (χ0) is 16.7. The van der Waals surface area contributed by atoms with Gasteiger partial charge in [0.05, 0.1) is 17.3 Å². The third kappa shape index (κ3) is 4.13. The Balaban J connectivity index is 2.34. The summed E-state index contributed by atoms with van der Waals surface area (Å²) in [6.45, 7) is 3.45. The van der Waals surface area contributed by atoms with Gasteiger partial charge in [-0.2, -0.15) is 10.4 Å². The summed E-state index contributed by atoms with van der Waals surface area (Å²) in [5.74, 6) is -0.474. The van der Waals surface area contributed by atoms with Crippen LogP contribution in [0.3, 0.4) is 0 Å². The van der Waals surface area contributed by atoms with Crippen LogP contribution >= 0.6 is 0 Å². The number of nitrogens with zero attached hydrogens (tertiary/aromatic N) is 2. The van der Waals surface area contributed by atoms with Gasteiger partial charge in [-0.15, -0.1) is 0 Å². The standard InChI is InChI=1S/C18H15N3O2/c1-13(12-19)17(22)16(18(23)14-8-4-2-5-9-14)21-20-15-10-6-3-7-11-15/h2-11,17,20,22H,1H2/t17-/m1/s1. The molecule has 0 aliphatic carbocycles. The number of carbonyl (C=O) groups is 1. The number of para-hydroxylation sites is 1. The molecule has 114 valence electrons. The van der Waals surface area contributed by atoms with Gasteiger partial charge in [0.25, 0.3) is 0 Å². The van der Waals surface area contributed by atoms with Crippen LogP contribution in [0.5, 0.6) is 0 Å². The molecule has 0 aliphatic rings. The van der Waals surface area contributed by atoms with Gasteiger partial charge in [-0.05, 0) is 12.1 Å². The summed E-state index contributed by atoms with van der Waals surface area (Å²) in [5.41, 5.74) is 3.39. The molecule has 0 saturated heterocycles. The molecule has 0 saturated carbocycles. The zero-order valence-corrected chi connectivity index (χ0v) is 12.3. The van der Waals surface area contributed by atoms with Crippen LogP contribution in [0.2, 0.25) is 0 Å². The minimum Gasteiger partial charge on any atom is -0.381 e. The molecule has 5 nitrogen and oxygen atoms in total. The quantitative estimate of drug-likeness (QED) is 0.372. The highest BCUT2D eigenvalue weighted by Crippen LogP contribution is 2.11. The molecule has 2 N–H and O–H groups in total. The van der Waals surface area contributed by atoms with Gasteiger partial charge in [-0.25, -0.2) is 0 Å². The number of hydrogen-bond donors (Lipinski definition) is 2. The Bertz CT molecular complexity index is 762. The monoisotopic (exact) mass is 305 g/mol. The van der Waals surface area contributed by atoms with Gasteiger partial charge in [0.2, 0.25) is 5.78 Å². The van der Waals surface area contributed by atoms with Gasteiger partial charge in [-0.3, -0.25) is 10.2 Å². The second-order valence-electron chi connectivity index (χ2n) is 4.71. The Hall–Kier alpha value is -3.23. The number of ketones is 1. The fourth-order valence-corrected chi connectivity index (χ4v) is 1.84. The average molecular weight is 305 g/mol. The number of carbonyl (C=O) groups excluding carboxylic acids is 1. The van der Waals surface area contributed by atoms with E-state index in [1.165, 1.54) is 0 Å². The molecule has 0 unspecified atom stereocenters. The van der Waals surface area contributed by atoms with Crippen molar-refractivity contribution >= 4 is 17.2 Å². The molecule has 0 aliphatic heterocycles. The third-order valence-corrected chi connectivity index (χ3v) is 3.08. The van der Waals surface area contributed by atoms with Gasteiger partial charge in [-0.1, -0.05) is 55.1 Å². The molecule has 0 spiro atoms. The molecule has 0 heterocycles. The number of Topliss-reactive ketones (excluding diaryl/α,β-unsaturated/α-hetero) is 1. The smallest absolute Gasteiger partial charge is 0.212 e. The Kier molecular flexibility index (Phi) is 5.40. The summed E-state index contributed by atoms with van der Waals surface area (Å²) in [6, 6.07) is 19.2. The van der Waals surface area contributed by atoms with Crippen LogP contribution in [-0.2, 0) is 0 Å². The number of anilines is 1. The minimum atomic E-state index is -1.47. The summed E-state index contributed by atoms with van der Waals surface area (Å²) in [7, 11) is 0. The number of aliphatic hydroxyl groups is 1. The Morgan fingerprint density at radius 3 is 2.26 bits per heavy atom. The summed E-state index contributed by atoms with van der Waals surface area (Å²) >= 11 is 0. The molecule has 0 bridgehead atoms. The van der Waals surface area contributed by atoms with Crippen molar-refractivity contribution in [3.8, 4) is 6.07 Å². The molecule has 2 aromatic carbocycles. The highest BCUT2D eigenvalue weighted by atomic mass is 16.3. The van der Waals surface area contributed by atoms with Crippen molar-refractivity contribution in [1.29, 1.82) is 5.26 Å². The average Bonchev–Trinajstić information content (AvgIpc) is 2.62. The maximum Gasteiger partial charge on any atom is 0.212 e. The number of nitriles is 1. The van der Waals surface area contributed by atoms with Crippen molar-refractivity contribution in [2.75, 3.05) is 5.43 Å². The SMILES string of the molecule is C=C(C#N)[C@@H](O)C(=NNc1ccccc1)C(=O)c1ccccc1. The van der Waals surface area contributed by atoms with Crippen molar-refractivity contribution in [3.05, 3.63) is 78.4 Å².